The highest BCUT2D eigenvalue weighted by molar-refractivity contribution is 6.11. The van der Waals surface area contributed by atoms with Crippen LogP contribution in [0.4, 0.5) is 0 Å². The number of aromatic nitrogens is 2. The Morgan fingerprint density at radius 2 is 1.88 bits per heavy atom. The Labute approximate surface area is 138 Å². The van der Waals surface area contributed by atoms with Crippen LogP contribution in [0, 0.1) is 12.1 Å². The van der Waals surface area contributed by atoms with E-state index in [0.717, 1.165) is 10.9 Å². The molecule has 0 amide bonds. The molecular formula is C18H16N2O4. The lowest BCUT2D eigenvalue weighted by Gasteiger charge is -2.12. The summed E-state index contributed by atoms with van der Waals surface area (Å²) in [6.07, 6.45) is 0.197. The number of fused-ring (bicyclic) bond motifs is 1. The van der Waals surface area contributed by atoms with E-state index in [1.807, 2.05) is 24.3 Å². The predicted molar refractivity (Wildman–Crippen MR) is 87.6 cm³/mol. The Balaban J connectivity index is 1.86. The van der Waals surface area contributed by atoms with Gasteiger partial charge in [0, 0.05) is 34.3 Å². The van der Waals surface area contributed by atoms with E-state index in [-0.39, 0.29) is 11.5 Å². The number of benzene rings is 1. The zero-order valence-electron chi connectivity index (χ0n) is 13.3. The quantitative estimate of drug-likeness (QED) is 0.346. The van der Waals surface area contributed by atoms with Crippen LogP contribution in [0.2, 0.25) is 0 Å². The second kappa shape index (κ2) is 6.16. The summed E-state index contributed by atoms with van der Waals surface area (Å²) >= 11 is 0. The first-order valence-electron chi connectivity index (χ1n) is 7.49. The van der Waals surface area contributed by atoms with Crippen molar-refractivity contribution in [3.8, 4) is 0 Å². The second-order valence-corrected chi connectivity index (χ2v) is 5.49. The van der Waals surface area contributed by atoms with E-state index >= 15 is 0 Å². The molecule has 0 radical (unpaired) electrons. The molecule has 122 valence electrons. The lowest BCUT2D eigenvalue weighted by atomic mass is 10.0. The molecule has 3 rings (SSSR count). The minimum Gasteiger partial charge on any atom is -0.618 e. The summed E-state index contributed by atoms with van der Waals surface area (Å²) in [6.45, 7) is 3.30. The lowest BCUT2D eigenvalue weighted by Crippen LogP contribution is -2.36. The molecule has 0 aliphatic heterocycles. The number of hydrogen-bond acceptors (Lipinski definition) is 4. The van der Waals surface area contributed by atoms with E-state index in [1.165, 1.54) is 25.3 Å². The Bertz CT molecular complexity index is 930. The van der Waals surface area contributed by atoms with Crippen molar-refractivity contribution in [3.63, 3.8) is 0 Å². The van der Waals surface area contributed by atoms with Gasteiger partial charge < -0.3 is 14.9 Å². The summed E-state index contributed by atoms with van der Waals surface area (Å²) in [6, 6.07) is 11.8. The molecule has 0 spiro atoms. The van der Waals surface area contributed by atoms with Crippen LogP contribution >= 0.6 is 0 Å². The molecule has 2 heterocycles. The molecule has 3 aromatic rings. The predicted octanol–water partition coefficient (Wildman–Crippen LogP) is 2.54. The summed E-state index contributed by atoms with van der Waals surface area (Å²) in [7, 11) is 0. The van der Waals surface area contributed by atoms with Gasteiger partial charge >= 0.3 is 11.7 Å². The number of nitrogens with zero attached hydrogens (tertiary/aromatic N) is 1. The van der Waals surface area contributed by atoms with Gasteiger partial charge in [0.25, 0.3) is 0 Å². The molecule has 0 aliphatic rings. The molecule has 0 aliphatic carbocycles. The lowest BCUT2D eigenvalue weighted by molar-refractivity contribution is -0.608. The number of carbonyl (C=O) groups excluding carboxylic acids is 2. The minimum absolute atomic E-state index is 0.159. The van der Waals surface area contributed by atoms with Crippen molar-refractivity contribution in [2.24, 2.45) is 0 Å². The van der Waals surface area contributed by atoms with Crippen molar-refractivity contribution in [2.75, 3.05) is 0 Å². The van der Waals surface area contributed by atoms with Crippen molar-refractivity contribution in [1.82, 2.24) is 4.98 Å². The Morgan fingerprint density at radius 1 is 1.17 bits per heavy atom. The first-order chi connectivity index (χ1) is 11.5. The maximum absolute atomic E-state index is 12.7. The number of nitrogens with one attached hydrogen (secondary N) is 1. The van der Waals surface area contributed by atoms with Crippen LogP contribution in [0.5, 0.6) is 0 Å². The number of aromatic amines is 1. The molecular weight excluding hydrogens is 308 g/mol. The van der Waals surface area contributed by atoms with Gasteiger partial charge in [0.1, 0.15) is 0 Å². The zero-order valence-corrected chi connectivity index (χ0v) is 13.3. The summed E-state index contributed by atoms with van der Waals surface area (Å²) in [5.74, 6) is -1.14. The normalized spacial score (nSPS) is 12.1. The molecule has 6 nitrogen and oxygen atoms in total. The number of ether oxygens (including phenoxy) is 1. The topological polar surface area (TPSA) is 86.1 Å². The van der Waals surface area contributed by atoms with Crippen LogP contribution in [0.1, 0.15) is 33.5 Å². The molecule has 0 saturated heterocycles. The molecule has 2 aromatic heterocycles. The number of aryl methyl sites for hydroxylation is 1. The largest absolute Gasteiger partial charge is 0.618 e. The average Bonchev–Trinajstić information content (AvgIpc) is 2.90. The van der Waals surface area contributed by atoms with E-state index in [9.17, 15) is 14.8 Å². The third-order valence-electron chi connectivity index (χ3n) is 3.83. The summed E-state index contributed by atoms with van der Waals surface area (Å²) < 4.78 is 5.60. The smallest absolute Gasteiger partial charge is 0.405 e. The van der Waals surface area contributed by atoms with Gasteiger partial charge in [-0.2, -0.15) is 4.73 Å². The van der Waals surface area contributed by atoms with Crippen LogP contribution in [0.3, 0.4) is 0 Å². The first kappa shape index (κ1) is 15.7. The number of esters is 1. The van der Waals surface area contributed by atoms with Crippen LogP contribution in [0.15, 0.2) is 48.7 Å². The van der Waals surface area contributed by atoms with Gasteiger partial charge in [0.15, 0.2) is 12.3 Å². The number of H-pyrrole nitrogens is 1. The highest BCUT2D eigenvalue weighted by Gasteiger charge is 2.27. The fourth-order valence-electron chi connectivity index (χ4n) is 2.66. The number of pyridine rings is 1. The van der Waals surface area contributed by atoms with Crippen molar-refractivity contribution in [2.45, 2.75) is 20.0 Å². The Kier molecular flexibility index (Phi) is 4.04. The average molecular weight is 324 g/mol. The highest BCUT2D eigenvalue weighted by atomic mass is 16.6. The SMILES string of the molecule is Cc1[nH]c2ccccc2c1C(=O)[C@H](C)OC(=O)c1cccc[n+]1[O-]. The molecule has 6 heteroatoms. The maximum Gasteiger partial charge on any atom is 0.405 e. The van der Waals surface area contributed by atoms with Gasteiger partial charge in [0.05, 0.1) is 0 Å². The molecule has 1 atom stereocenters. The van der Waals surface area contributed by atoms with Crippen molar-refractivity contribution in [1.29, 1.82) is 0 Å². The molecule has 24 heavy (non-hydrogen) atoms. The second-order valence-electron chi connectivity index (χ2n) is 5.49. The fraction of sp³-hybridized carbons (Fsp3) is 0.167. The Hall–Kier alpha value is -3.15. The number of para-hydroxylation sites is 1. The highest BCUT2D eigenvalue weighted by Crippen LogP contribution is 2.24. The zero-order chi connectivity index (χ0) is 17.3. The standard InChI is InChI=1S/C18H16N2O4/c1-11-16(13-7-3-4-8-14(13)19-11)17(21)12(2)24-18(22)15-9-5-6-10-20(15)23/h3-10,12,19H,1-2H3/t12-/m0/s1. The van der Waals surface area contributed by atoms with Crippen LogP contribution in [0.25, 0.3) is 10.9 Å². The third-order valence-corrected chi connectivity index (χ3v) is 3.83. The molecule has 0 bridgehead atoms. The van der Waals surface area contributed by atoms with Gasteiger partial charge in [0.2, 0.25) is 5.78 Å². The molecule has 0 saturated carbocycles. The Morgan fingerprint density at radius 3 is 2.62 bits per heavy atom. The summed E-state index contributed by atoms with van der Waals surface area (Å²) in [5.41, 5.74) is 1.89. The van der Waals surface area contributed by atoms with Crippen LogP contribution < -0.4 is 4.73 Å². The van der Waals surface area contributed by atoms with Gasteiger partial charge in [-0.15, -0.1) is 0 Å². The van der Waals surface area contributed by atoms with Crippen LogP contribution in [-0.4, -0.2) is 22.8 Å². The van der Waals surface area contributed by atoms with Gasteiger partial charge in [-0.25, -0.2) is 4.79 Å². The van der Waals surface area contributed by atoms with Gasteiger partial charge in [-0.1, -0.05) is 18.2 Å². The van der Waals surface area contributed by atoms with Gasteiger partial charge in [-0.05, 0) is 26.0 Å². The minimum atomic E-state index is -1.00. The summed E-state index contributed by atoms with van der Waals surface area (Å²) in [4.78, 5) is 27.9. The number of carbonyl (C=O) groups is 2. The monoisotopic (exact) mass is 324 g/mol. The van der Waals surface area contributed by atoms with E-state index in [2.05, 4.69) is 4.98 Å². The molecule has 0 fully saturated rings. The maximum atomic E-state index is 12.7. The van der Waals surface area contributed by atoms with E-state index in [4.69, 9.17) is 4.74 Å². The van der Waals surface area contributed by atoms with Crippen molar-refractivity contribution < 1.29 is 19.1 Å². The van der Waals surface area contributed by atoms with Gasteiger partial charge in [-0.3, -0.25) is 4.79 Å². The van der Waals surface area contributed by atoms with Crippen molar-refractivity contribution >= 4 is 22.7 Å². The van der Waals surface area contributed by atoms with E-state index in [1.54, 1.807) is 13.0 Å². The van der Waals surface area contributed by atoms with Crippen LogP contribution in [-0.2, 0) is 4.74 Å². The molecule has 1 aromatic carbocycles. The van der Waals surface area contributed by atoms with E-state index in [0.29, 0.717) is 16.0 Å². The number of ketones is 1. The fourth-order valence-corrected chi connectivity index (χ4v) is 2.66. The molecule has 0 unspecified atom stereocenters. The van der Waals surface area contributed by atoms with E-state index < -0.39 is 12.1 Å². The first-order valence-corrected chi connectivity index (χ1v) is 7.49. The number of rotatable bonds is 4. The summed E-state index contributed by atoms with van der Waals surface area (Å²) in [5, 5.41) is 12.4. The number of Topliss-reactive ketones (excluding diaryl/α,β-unsaturated/α-hetero) is 1. The third kappa shape index (κ3) is 2.74. The molecule has 1 N–H and O–H groups in total. The van der Waals surface area contributed by atoms with Crippen molar-refractivity contribution in [3.05, 3.63) is 70.8 Å². The number of hydrogen-bond donors (Lipinski definition) is 1.